The average molecular weight is 305 g/mol. The molecule has 1 nitrogen and oxygen atoms in total. The summed E-state index contributed by atoms with van der Waals surface area (Å²) >= 11 is 3.50. The largest absolute Gasteiger partial charge is 0.384 e. The summed E-state index contributed by atoms with van der Waals surface area (Å²) in [5.41, 5.74) is 5.48. The lowest BCUT2D eigenvalue weighted by atomic mass is 9.97. The van der Waals surface area contributed by atoms with Crippen molar-refractivity contribution in [3.63, 3.8) is 0 Å². The lowest BCUT2D eigenvalue weighted by molar-refractivity contribution is 0.220. The number of aliphatic hydroxyl groups is 1. The summed E-state index contributed by atoms with van der Waals surface area (Å²) in [5, 5.41) is 10.4. The summed E-state index contributed by atoms with van der Waals surface area (Å²) in [6.07, 6.45) is -0.568. The van der Waals surface area contributed by atoms with E-state index in [4.69, 9.17) is 0 Å². The Bertz CT molecular complexity index is 524. The Balaban J connectivity index is 2.37. The van der Waals surface area contributed by atoms with Gasteiger partial charge < -0.3 is 5.11 Å². The lowest BCUT2D eigenvalue weighted by Crippen LogP contribution is -2.01. The number of aryl methyl sites for hydroxylation is 3. The summed E-state index contributed by atoms with van der Waals surface area (Å²) in [6, 6.07) is 12.1. The molecule has 0 saturated carbocycles. The van der Waals surface area contributed by atoms with Gasteiger partial charge in [-0.15, -0.1) is 0 Å². The van der Waals surface area contributed by atoms with E-state index in [1.165, 1.54) is 16.7 Å². The van der Waals surface area contributed by atoms with Crippen molar-refractivity contribution >= 4 is 15.9 Å². The minimum atomic E-state index is -0.568. The van der Waals surface area contributed by atoms with Gasteiger partial charge in [0.1, 0.15) is 6.10 Å². The molecule has 0 aliphatic rings. The van der Waals surface area contributed by atoms with Crippen molar-refractivity contribution in [3.05, 3.63) is 68.7 Å². The van der Waals surface area contributed by atoms with Gasteiger partial charge in [0.2, 0.25) is 0 Å². The van der Waals surface area contributed by atoms with Crippen molar-refractivity contribution in [1.29, 1.82) is 0 Å². The Hall–Kier alpha value is -1.12. The fraction of sp³-hybridized carbons (Fsp3) is 0.250. The molecule has 0 amide bonds. The molecule has 0 fully saturated rings. The second-order valence-corrected chi connectivity index (χ2v) is 5.61. The third-order valence-electron chi connectivity index (χ3n) is 3.36. The van der Waals surface area contributed by atoms with Crippen LogP contribution >= 0.6 is 15.9 Å². The van der Waals surface area contributed by atoms with E-state index in [0.29, 0.717) is 0 Å². The molecule has 0 aliphatic carbocycles. The minimum Gasteiger partial charge on any atom is -0.384 e. The van der Waals surface area contributed by atoms with E-state index >= 15 is 0 Å². The summed E-state index contributed by atoms with van der Waals surface area (Å²) in [6.45, 7) is 6.18. The topological polar surface area (TPSA) is 20.2 Å². The first kappa shape index (κ1) is 13.3. The van der Waals surface area contributed by atoms with Crippen LogP contribution in [0.25, 0.3) is 0 Å². The van der Waals surface area contributed by atoms with Gasteiger partial charge in [0.05, 0.1) is 0 Å². The molecule has 2 rings (SSSR count). The third kappa shape index (κ3) is 2.65. The standard InChI is InChI=1S/C16H17BrO/c1-10-4-6-13(8-12(10)3)16(18)14-7-5-11(2)15(17)9-14/h4-9,16,18H,1-3H3. The van der Waals surface area contributed by atoms with Crippen LogP contribution in [0.4, 0.5) is 0 Å². The number of halogens is 1. The first-order valence-electron chi connectivity index (χ1n) is 6.00. The normalized spacial score (nSPS) is 12.5. The van der Waals surface area contributed by atoms with E-state index in [2.05, 4.69) is 35.8 Å². The molecule has 0 spiro atoms. The van der Waals surface area contributed by atoms with E-state index in [-0.39, 0.29) is 0 Å². The van der Waals surface area contributed by atoms with Gasteiger partial charge in [0, 0.05) is 4.47 Å². The second kappa shape index (κ2) is 5.25. The van der Waals surface area contributed by atoms with Crippen LogP contribution in [0, 0.1) is 20.8 Å². The minimum absolute atomic E-state index is 0.568. The zero-order chi connectivity index (χ0) is 13.3. The molecule has 2 aromatic carbocycles. The quantitative estimate of drug-likeness (QED) is 0.868. The monoisotopic (exact) mass is 304 g/mol. The van der Waals surface area contributed by atoms with Gasteiger partial charge in [-0.2, -0.15) is 0 Å². The van der Waals surface area contributed by atoms with Crippen molar-refractivity contribution in [2.24, 2.45) is 0 Å². The molecule has 0 aliphatic heterocycles. The lowest BCUT2D eigenvalue weighted by Gasteiger charge is -2.14. The summed E-state index contributed by atoms with van der Waals surface area (Å²) in [7, 11) is 0. The number of aliphatic hydroxyl groups excluding tert-OH is 1. The van der Waals surface area contributed by atoms with Gasteiger partial charge in [0.25, 0.3) is 0 Å². The van der Waals surface area contributed by atoms with E-state index in [0.717, 1.165) is 15.6 Å². The van der Waals surface area contributed by atoms with E-state index in [1.807, 2.05) is 37.3 Å². The maximum absolute atomic E-state index is 10.4. The number of hydrogen-bond donors (Lipinski definition) is 1. The smallest absolute Gasteiger partial charge is 0.104 e. The molecule has 2 aromatic rings. The molecule has 18 heavy (non-hydrogen) atoms. The van der Waals surface area contributed by atoms with Crippen molar-refractivity contribution < 1.29 is 5.11 Å². The molecule has 0 heterocycles. The molecule has 1 N–H and O–H groups in total. The molecule has 94 valence electrons. The summed E-state index contributed by atoms with van der Waals surface area (Å²) < 4.78 is 1.03. The van der Waals surface area contributed by atoms with E-state index in [1.54, 1.807) is 0 Å². The Morgan fingerprint density at radius 1 is 0.833 bits per heavy atom. The highest BCUT2D eigenvalue weighted by molar-refractivity contribution is 9.10. The Morgan fingerprint density at radius 3 is 1.94 bits per heavy atom. The Morgan fingerprint density at radius 2 is 1.39 bits per heavy atom. The maximum Gasteiger partial charge on any atom is 0.104 e. The van der Waals surface area contributed by atoms with Crippen LogP contribution in [-0.2, 0) is 0 Å². The molecule has 0 aromatic heterocycles. The zero-order valence-electron chi connectivity index (χ0n) is 10.9. The van der Waals surface area contributed by atoms with Crippen molar-refractivity contribution in [2.45, 2.75) is 26.9 Å². The van der Waals surface area contributed by atoms with Crippen LogP contribution in [0.1, 0.15) is 33.9 Å². The summed E-state index contributed by atoms with van der Waals surface area (Å²) in [5.74, 6) is 0. The van der Waals surface area contributed by atoms with Crippen LogP contribution in [0.3, 0.4) is 0 Å². The van der Waals surface area contributed by atoms with Crippen LogP contribution < -0.4 is 0 Å². The van der Waals surface area contributed by atoms with Crippen LogP contribution in [-0.4, -0.2) is 5.11 Å². The SMILES string of the molecule is Cc1ccc(C(O)c2ccc(C)c(Br)c2)cc1C. The molecule has 2 heteroatoms. The Kier molecular flexibility index (Phi) is 3.88. The van der Waals surface area contributed by atoms with Gasteiger partial charge in [-0.1, -0.05) is 46.3 Å². The fourth-order valence-corrected chi connectivity index (χ4v) is 2.30. The average Bonchev–Trinajstić information content (AvgIpc) is 2.35. The highest BCUT2D eigenvalue weighted by Crippen LogP contribution is 2.27. The van der Waals surface area contributed by atoms with Gasteiger partial charge >= 0.3 is 0 Å². The first-order chi connectivity index (χ1) is 8.49. The first-order valence-corrected chi connectivity index (χ1v) is 6.79. The highest BCUT2D eigenvalue weighted by atomic mass is 79.9. The molecule has 1 atom stereocenters. The zero-order valence-corrected chi connectivity index (χ0v) is 12.5. The molecule has 0 bridgehead atoms. The molecular weight excluding hydrogens is 288 g/mol. The van der Waals surface area contributed by atoms with Crippen molar-refractivity contribution in [2.75, 3.05) is 0 Å². The third-order valence-corrected chi connectivity index (χ3v) is 4.21. The number of rotatable bonds is 2. The molecule has 1 unspecified atom stereocenters. The van der Waals surface area contributed by atoms with Gasteiger partial charge in [-0.25, -0.2) is 0 Å². The van der Waals surface area contributed by atoms with Crippen LogP contribution in [0.2, 0.25) is 0 Å². The van der Waals surface area contributed by atoms with Gasteiger partial charge in [-0.3, -0.25) is 0 Å². The number of benzene rings is 2. The van der Waals surface area contributed by atoms with E-state index in [9.17, 15) is 5.11 Å². The van der Waals surface area contributed by atoms with Gasteiger partial charge in [0.15, 0.2) is 0 Å². The van der Waals surface area contributed by atoms with Crippen LogP contribution in [0.15, 0.2) is 40.9 Å². The Labute approximate surface area is 117 Å². The molecular formula is C16H17BrO. The highest BCUT2D eigenvalue weighted by Gasteiger charge is 2.12. The number of hydrogen-bond acceptors (Lipinski definition) is 1. The van der Waals surface area contributed by atoms with Crippen molar-refractivity contribution in [1.82, 2.24) is 0 Å². The van der Waals surface area contributed by atoms with Gasteiger partial charge in [-0.05, 0) is 54.7 Å². The van der Waals surface area contributed by atoms with E-state index < -0.39 is 6.10 Å². The second-order valence-electron chi connectivity index (χ2n) is 4.75. The molecule has 0 radical (unpaired) electrons. The predicted molar refractivity (Wildman–Crippen MR) is 78.9 cm³/mol. The fourth-order valence-electron chi connectivity index (χ4n) is 1.91. The molecule has 0 saturated heterocycles. The van der Waals surface area contributed by atoms with Crippen LogP contribution in [0.5, 0.6) is 0 Å². The summed E-state index contributed by atoms with van der Waals surface area (Å²) in [4.78, 5) is 0. The van der Waals surface area contributed by atoms with Crippen molar-refractivity contribution in [3.8, 4) is 0 Å². The predicted octanol–water partition coefficient (Wildman–Crippen LogP) is 4.46. The maximum atomic E-state index is 10.4.